The molecule has 3 heterocycles. The monoisotopic (exact) mass is 330 g/mol. The SMILES string of the molecule is N#C[C@@H]1CN(c2nc3ccccc3o2)C[C@@]12C(=O)Nc1ccccc12. The van der Waals surface area contributed by atoms with E-state index in [0.29, 0.717) is 24.7 Å². The fraction of sp³-hybridized carbons (Fsp3) is 0.211. The highest BCUT2D eigenvalue weighted by molar-refractivity contribution is 6.07. The topological polar surface area (TPSA) is 82.2 Å². The average molecular weight is 330 g/mol. The van der Waals surface area contributed by atoms with Crippen LogP contribution in [0.1, 0.15) is 5.56 Å². The molecule has 2 aromatic carbocycles. The van der Waals surface area contributed by atoms with Gasteiger partial charge in [0.05, 0.1) is 12.0 Å². The van der Waals surface area contributed by atoms with E-state index in [2.05, 4.69) is 16.4 Å². The first kappa shape index (κ1) is 14.1. The summed E-state index contributed by atoms with van der Waals surface area (Å²) in [6, 6.07) is 17.9. The van der Waals surface area contributed by atoms with E-state index in [0.717, 1.165) is 16.8 Å². The predicted molar refractivity (Wildman–Crippen MR) is 92.1 cm³/mol. The Bertz CT molecular complexity index is 1020. The second-order valence-electron chi connectivity index (χ2n) is 6.50. The number of anilines is 2. The summed E-state index contributed by atoms with van der Waals surface area (Å²) in [5, 5.41) is 12.7. The zero-order chi connectivity index (χ0) is 17.0. The van der Waals surface area contributed by atoms with Gasteiger partial charge in [0.1, 0.15) is 10.9 Å². The molecule has 122 valence electrons. The summed E-state index contributed by atoms with van der Waals surface area (Å²) < 4.78 is 5.84. The molecule has 1 spiro atoms. The van der Waals surface area contributed by atoms with Gasteiger partial charge in [0.2, 0.25) is 5.91 Å². The first-order valence-corrected chi connectivity index (χ1v) is 8.13. The molecular formula is C19H14N4O2. The Morgan fingerprint density at radius 1 is 1.24 bits per heavy atom. The fourth-order valence-corrected chi connectivity index (χ4v) is 3.98. The summed E-state index contributed by atoms with van der Waals surface area (Å²) >= 11 is 0. The molecule has 0 unspecified atom stereocenters. The molecule has 1 N–H and O–H groups in total. The summed E-state index contributed by atoms with van der Waals surface area (Å²) in [6.07, 6.45) is 0. The molecule has 2 atom stereocenters. The van der Waals surface area contributed by atoms with E-state index in [4.69, 9.17) is 4.42 Å². The molecule has 1 amide bonds. The van der Waals surface area contributed by atoms with Crippen molar-refractivity contribution in [1.29, 1.82) is 5.26 Å². The fourth-order valence-electron chi connectivity index (χ4n) is 3.98. The largest absolute Gasteiger partial charge is 0.423 e. The van der Waals surface area contributed by atoms with E-state index in [9.17, 15) is 10.1 Å². The molecule has 6 heteroatoms. The number of benzene rings is 2. The number of hydrogen-bond donors (Lipinski definition) is 1. The molecule has 2 aliphatic rings. The molecule has 1 fully saturated rings. The molecule has 25 heavy (non-hydrogen) atoms. The van der Waals surface area contributed by atoms with Crippen LogP contribution in [0.3, 0.4) is 0 Å². The van der Waals surface area contributed by atoms with Crippen molar-refractivity contribution < 1.29 is 9.21 Å². The zero-order valence-corrected chi connectivity index (χ0v) is 13.3. The van der Waals surface area contributed by atoms with Crippen molar-refractivity contribution in [2.75, 3.05) is 23.3 Å². The minimum atomic E-state index is -0.883. The van der Waals surface area contributed by atoms with Gasteiger partial charge in [-0.25, -0.2) is 0 Å². The molecule has 5 rings (SSSR count). The number of nitrogens with zero attached hydrogens (tertiary/aromatic N) is 3. The minimum Gasteiger partial charge on any atom is -0.423 e. The minimum absolute atomic E-state index is 0.126. The van der Waals surface area contributed by atoms with Crippen LogP contribution in [-0.2, 0) is 10.2 Å². The number of nitriles is 1. The van der Waals surface area contributed by atoms with Crippen molar-refractivity contribution in [3.05, 3.63) is 54.1 Å². The molecular weight excluding hydrogens is 316 g/mol. The van der Waals surface area contributed by atoms with Crippen LogP contribution in [0.4, 0.5) is 11.7 Å². The molecule has 0 bridgehead atoms. The van der Waals surface area contributed by atoms with Gasteiger partial charge in [0.25, 0.3) is 6.01 Å². The lowest BCUT2D eigenvalue weighted by Gasteiger charge is -2.23. The average Bonchev–Trinajstić information content (AvgIpc) is 3.30. The van der Waals surface area contributed by atoms with Crippen molar-refractivity contribution in [3.63, 3.8) is 0 Å². The third-order valence-electron chi connectivity index (χ3n) is 5.21. The molecule has 0 radical (unpaired) electrons. The van der Waals surface area contributed by atoms with Gasteiger partial charge in [0.15, 0.2) is 5.58 Å². The Labute approximate surface area is 143 Å². The summed E-state index contributed by atoms with van der Waals surface area (Å²) in [7, 11) is 0. The lowest BCUT2D eigenvalue weighted by atomic mass is 9.74. The summed E-state index contributed by atoms with van der Waals surface area (Å²) in [5.74, 6) is -0.593. The summed E-state index contributed by atoms with van der Waals surface area (Å²) in [5.41, 5.74) is 2.25. The highest BCUT2D eigenvalue weighted by Crippen LogP contribution is 2.48. The quantitative estimate of drug-likeness (QED) is 0.742. The third kappa shape index (κ3) is 1.78. The Kier molecular flexibility index (Phi) is 2.72. The molecule has 0 saturated carbocycles. The molecule has 0 aliphatic carbocycles. The van der Waals surface area contributed by atoms with E-state index in [1.807, 2.05) is 53.4 Å². The molecule has 1 aromatic heterocycles. The van der Waals surface area contributed by atoms with Gasteiger partial charge in [-0.15, -0.1) is 0 Å². The number of carbonyl (C=O) groups excluding carboxylic acids is 1. The van der Waals surface area contributed by atoms with Gasteiger partial charge in [-0.05, 0) is 23.8 Å². The van der Waals surface area contributed by atoms with Crippen LogP contribution in [0.2, 0.25) is 0 Å². The lowest BCUT2D eigenvalue weighted by Crippen LogP contribution is -2.41. The van der Waals surface area contributed by atoms with E-state index in [1.165, 1.54) is 0 Å². The number of nitrogens with one attached hydrogen (secondary N) is 1. The van der Waals surface area contributed by atoms with Crippen molar-refractivity contribution >= 4 is 28.7 Å². The van der Waals surface area contributed by atoms with Gasteiger partial charge in [0, 0.05) is 18.8 Å². The maximum Gasteiger partial charge on any atom is 0.298 e. The van der Waals surface area contributed by atoms with Crippen LogP contribution < -0.4 is 10.2 Å². The number of amides is 1. The van der Waals surface area contributed by atoms with Crippen LogP contribution in [0, 0.1) is 17.2 Å². The Hall–Kier alpha value is -3.33. The van der Waals surface area contributed by atoms with E-state index in [-0.39, 0.29) is 5.91 Å². The second-order valence-corrected chi connectivity index (χ2v) is 6.50. The van der Waals surface area contributed by atoms with Crippen LogP contribution in [0.5, 0.6) is 0 Å². The highest BCUT2D eigenvalue weighted by atomic mass is 16.4. The van der Waals surface area contributed by atoms with Crippen LogP contribution in [-0.4, -0.2) is 24.0 Å². The van der Waals surface area contributed by atoms with Gasteiger partial charge < -0.3 is 14.6 Å². The maximum absolute atomic E-state index is 12.8. The van der Waals surface area contributed by atoms with Crippen LogP contribution in [0.15, 0.2) is 52.9 Å². The maximum atomic E-state index is 12.8. The number of para-hydroxylation sites is 3. The normalized spacial score (nSPS) is 24.5. The first-order valence-electron chi connectivity index (χ1n) is 8.13. The molecule has 3 aromatic rings. The Morgan fingerprint density at radius 3 is 2.88 bits per heavy atom. The summed E-state index contributed by atoms with van der Waals surface area (Å²) in [4.78, 5) is 19.2. The first-order chi connectivity index (χ1) is 12.2. The number of oxazole rings is 1. The number of carbonyl (C=O) groups is 1. The Morgan fingerprint density at radius 2 is 2.04 bits per heavy atom. The Balaban J connectivity index is 1.61. The smallest absolute Gasteiger partial charge is 0.298 e. The second kappa shape index (κ2) is 4.84. The standard InChI is InChI=1S/C19H14N4O2/c20-9-12-10-23(18-22-15-7-3-4-8-16(15)25-18)11-19(12)13-5-1-2-6-14(13)21-17(19)24/h1-8,12H,10-11H2,(H,21,24)/t12-,19-/m1/s1. The number of fused-ring (bicyclic) bond motifs is 3. The predicted octanol–water partition coefficient (Wildman–Crippen LogP) is 2.68. The van der Waals surface area contributed by atoms with Crippen molar-refractivity contribution in [2.24, 2.45) is 5.92 Å². The molecule has 1 saturated heterocycles. The number of hydrogen-bond acceptors (Lipinski definition) is 5. The van der Waals surface area contributed by atoms with Crippen molar-refractivity contribution in [2.45, 2.75) is 5.41 Å². The van der Waals surface area contributed by atoms with Crippen molar-refractivity contribution in [1.82, 2.24) is 4.98 Å². The molecule has 6 nitrogen and oxygen atoms in total. The van der Waals surface area contributed by atoms with Crippen molar-refractivity contribution in [3.8, 4) is 6.07 Å². The van der Waals surface area contributed by atoms with E-state index < -0.39 is 11.3 Å². The van der Waals surface area contributed by atoms with Gasteiger partial charge in [-0.2, -0.15) is 10.2 Å². The van der Waals surface area contributed by atoms with Gasteiger partial charge >= 0.3 is 0 Å². The van der Waals surface area contributed by atoms with Crippen LogP contribution in [0.25, 0.3) is 11.1 Å². The zero-order valence-electron chi connectivity index (χ0n) is 13.3. The van der Waals surface area contributed by atoms with Gasteiger partial charge in [-0.1, -0.05) is 30.3 Å². The third-order valence-corrected chi connectivity index (χ3v) is 5.21. The number of aromatic nitrogens is 1. The van der Waals surface area contributed by atoms with E-state index in [1.54, 1.807) is 0 Å². The molecule has 2 aliphatic heterocycles. The van der Waals surface area contributed by atoms with E-state index >= 15 is 0 Å². The number of rotatable bonds is 1. The van der Waals surface area contributed by atoms with Crippen LogP contribution >= 0.6 is 0 Å². The lowest BCUT2D eigenvalue weighted by molar-refractivity contribution is -0.120. The highest BCUT2D eigenvalue weighted by Gasteiger charge is 2.58. The van der Waals surface area contributed by atoms with Gasteiger partial charge in [-0.3, -0.25) is 4.79 Å². The summed E-state index contributed by atoms with van der Waals surface area (Å²) in [6.45, 7) is 0.784.